The van der Waals surface area contributed by atoms with Crippen molar-refractivity contribution in [2.75, 3.05) is 26.7 Å². The molecule has 1 aromatic carbocycles. The van der Waals surface area contributed by atoms with E-state index in [1.165, 1.54) is 5.56 Å². The number of carbonyl (C=O) groups excluding carboxylic acids is 2. The topological polar surface area (TPSA) is 58.6 Å². The molecule has 1 saturated carbocycles. The number of amides is 2. The molecule has 1 aliphatic heterocycles. The van der Waals surface area contributed by atoms with Crippen molar-refractivity contribution in [3.05, 3.63) is 29.8 Å². The van der Waals surface area contributed by atoms with E-state index in [0.717, 1.165) is 70.2 Å². The van der Waals surface area contributed by atoms with Crippen LogP contribution in [0.15, 0.2) is 24.3 Å². The highest BCUT2D eigenvalue weighted by Gasteiger charge is 2.25. The molecule has 5 heteroatoms. The summed E-state index contributed by atoms with van der Waals surface area (Å²) in [4.78, 5) is 26.3. The number of carbonyl (C=O) groups is 2. The highest BCUT2D eigenvalue weighted by Crippen LogP contribution is 2.25. The van der Waals surface area contributed by atoms with Crippen molar-refractivity contribution in [1.29, 1.82) is 0 Å². The fourth-order valence-electron chi connectivity index (χ4n) is 4.24. The molecule has 0 bridgehead atoms. The number of likely N-dealkylation sites (tertiary alicyclic amines) is 1. The lowest BCUT2D eigenvalue weighted by atomic mass is 9.90. The first-order valence-corrected chi connectivity index (χ1v) is 10.3. The zero-order chi connectivity index (χ0) is 19.1. The Morgan fingerprint density at radius 2 is 1.74 bits per heavy atom. The van der Waals surface area contributed by atoms with Crippen molar-refractivity contribution in [1.82, 2.24) is 10.2 Å². The average molecular weight is 373 g/mol. The van der Waals surface area contributed by atoms with E-state index in [4.69, 9.17) is 4.74 Å². The summed E-state index contributed by atoms with van der Waals surface area (Å²) >= 11 is 0. The van der Waals surface area contributed by atoms with Crippen molar-refractivity contribution < 1.29 is 14.3 Å². The summed E-state index contributed by atoms with van der Waals surface area (Å²) < 4.78 is 5.20. The van der Waals surface area contributed by atoms with Crippen LogP contribution >= 0.6 is 0 Å². The van der Waals surface area contributed by atoms with Crippen molar-refractivity contribution in [3.8, 4) is 5.75 Å². The van der Waals surface area contributed by atoms with Crippen LogP contribution in [0.3, 0.4) is 0 Å². The monoisotopic (exact) mass is 372 g/mol. The molecule has 1 saturated heterocycles. The summed E-state index contributed by atoms with van der Waals surface area (Å²) in [5, 5.41) is 2.85. The molecule has 0 spiro atoms. The molecule has 0 aromatic heterocycles. The van der Waals surface area contributed by atoms with E-state index in [1.54, 1.807) is 7.11 Å². The Morgan fingerprint density at radius 3 is 2.37 bits per heavy atom. The zero-order valence-electron chi connectivity index (χ0n) is 16.4. The van der Waals surface area contributed by atoms with Crippen LogP contribution in [0.4, 0.5) is 0 Å². The number of piperidine rings is 1. The Bertz CT molecular complexity index is 615. The minimum absolute atomic E-state index is 0.0648. The fourth-order valence-corrected chi connectivity index (χ4v) is 4.24. The van der Waals surface area contributed by atoms with Gasteiger partial charge in [-0.25, -0.2) is 0 Å². The van der Waals surface area contributed by atoms with Gasteiger partial charge in [-0.1, -0.05) is 25.0 Å². The molecule has 27 heavy (non-hydrogen) atoms. The second-order valence-electron chi connectivity index (χ2n) is 7.91. The third kappa shape index (κ3) is 5.72. The normalized spacial score (nSPS) is 18.5. The van der Waals surface area contributed by atoms with Gasteiger partial charge in [0.25, 0.3) is 0 Å². The van der Waals surface area contributed by atoms with Crippen LogP contribution in [0, 0.1) is 11.8 Å². The molecule has 0 radical (unpaired) electrons. The number of methoxy groups -OCH3 is 1. The predicted molar refractivity (Wildman–Crippen MR) is 106 cm³/mol. The maximum Gasteiger partial charge on any atom is 0.241 e. The van der Waals surface area contributed by atoms with Gasteiger partial charge in [0.1, 0.15) is 5.75 Å². The molecule has 1 heterocycles. The Morgan fingerprint density at radius 1 is 1.07 bits per heavy atom. The van der Waals surface area contributed by atoms with Crippen LogP contribution in [-0.2, 0) is 16.0 Å². The maximum absolute atomic E-state index is 12.4. The van der Waals surface area contributed by atoms with E-state index < -0.39 is 0 Å². The Balaban J connectivity index is 1.34. The van der Waals surface area contributed by atoms with E-state index >= 15 is 0 Å². The molecule has 5 nitrogen and oxygen atoms in total. The molecule has 1 N–H and O–H groups in total. The number of aryl methyl sites for hydroxylation is 1. The van der Waals surface area contributed by atoms with Crippen molar-refractivity contribution in [2.45, 2.75) is 51.4 Å². The summed E-state index contributed by atoms with van der Waals surface area (Å²) in [6, 6.07) is 8.28. The minimum atomic E-state index is 0.0648. The van der Waals surface area contributed by atoms with Crippen molar-refractivity contribution >= 4 is 11.8 Å². The number of nitrogens with one attached hydrogen (secondary N) is 1. The lowest BCUT2D eigenvalue weighted by Crippen LogP contribution is -2.45. The van der Waals surface area contributed by atoms with Crippen LogP contribution in [-0.4, -0.2) is 43.5 Å². The number of nitrogens with zero attached hydrogens (tertiary/aromatic N) is 1. The van der Waals surface area contributed by atoms with Gasteiger partial charge >= 0.3 is 0 Å². The zero-order valence-corrected chi connectivity index (χ0v) is 16.4. The molecule has 1 aromatic rings. The van der Waals surface area contributed by atoms with Gasteiger partial charge in [-0.15, -0.1) is 0 Å². The largest absolute Gasteiger partial charge is 0.497 e. The van der Waals surface area contributed by atoms with Gasteiger partial charge in [0.2, 0.25) is 11.8 Å². The molecular weight excluding hydrogens is 340 g/mol. The third-order valence-electron chi connectivity index (χ3n) is 6.11. The van der Waals surface area contributed by atoms with Gasteiger partial charge in [-0.3, -0.25) is 9.59 Å². The molecule has 2 aliphatic rings. The molecule has 0 unspecified atom stereocenters. The molecule has 1 aliphatic carbocycles. The Kier molecular flexibility index (Phi) is 7.13. The second kappa shape index (κ2) is 9.77. The number of ether oxygens (including phenoxy) is 1. The SMILES string of the molecule is COc1ccc(CCC2CCN(C(=O)CNC(=O)C3CCCC3)CC2)cc1. The Labute approximate surface area is 162 Å². The highest BCUT2D eigenvalue weighted by atomic mass is 16.5. The van der Waals surface area contributed by atoms with Gasteiger partial charge in [0.05, 0.1) is 13.7 Å². The summed E-state index contributed by atoms with van der Waals surface area (Å²) in [7, 11) is 1.68. The summed E-state index contributed by atoms with van der Waals surface area (Å²) in [6.07, 6.45) is 8.55. The van der Waals surface area contributed by atoms with Crippen LogP contribution in [0.5, 0.6) is 5.75 Å². The van der Waals surface area contributed by atoms with E-state index in [0.29, 0.717) is 5.92 Å². The van der Waals surface area contributed by atoms with Crippen molar-refractivity contribution in [2.24, 2.45) is 11.8 Å². The van der Waals surface area contributed by atoms with E-state index in [-0.39, 0.29) is 24.3 Å². The van der Waals surface area contributed by atoms with E-state index in [9.17, 15) is 9.59 Å². The summed E-state index contributed by atoms with van der Waals surface area (Å²) in [5.41, 5.74) is 1.34. The number of benzene rings is 1. The van der Waals surface area contributed by atoms with Gasteiger partial charge < -0.3 is 15.0 Å². The average Bonchev–Trinajstić information content (AvgIpc) is 3.26. The maximum atomic E-state index is 12.4. The Hall–Kier alpha value is -2.04. The summed E-state index contributed by atoms with van der Waals surface area (Å²) in [5.74, 6) is 1.82. The molecule has 3 rings (SSSR count). The quantitative estimate of drug-likeness (QED) is 0.800. The van der Waals surface area contributed by atoms with Crippen LogP contribution in [0.2, 0.25) is 0 Å². The highest BCUT2D eigenvalue weighted by molar-refractivity contribution is 5.86. The first kappa shape index (κ1) is 19.7. The van der Waals surface area contributed by atoms with Crippen molar-refractivity contribution in [3.63, 3.8) is 0 Å². The van der Waals surface area contributed by atoms with Gasteiger partial charge in [0.15, 0.2) is 0 Å². The molecule has 148 valence electrons. The molecule has 2 fully saturated rings. The predicted octanol–water partition coefficient (Wildman–Crippen LogP) is 3.17. The first-order valence-electron chi connectivity index (χ1n) is 10.3. The number of rotatable bonds is 7. The lowest BCUT2D eigenvalue weighted by molar-refractivity contribution is -0.134. The fraction of sp³-hybridized carbons (Fsp3) is 0.636. The van der Waals surface area contributed by atoms with Crippen LogP contribution < -0.4 is 10.1 Å². The number of hydrogen-bond donors (Lipinski definition) is 1. The molecule has 0 atom stereocenters. The minimum Gasteiger partial charge on any atom is -0.497 e. The lowest BCUT2D eigenvalue weighted by Gasteiger charge is -2.32. The smallest absolute Gasteiger partial charge is 0.241 e. The van der Waals surface area contributed by atoms with E-state index in [1.807, 2.05) is 17.0 Å². The number of hydrogen-bond acceptors (Lipinski definition) is 3. The van der Waals surface area contributed by atoms with Gasteiger partial charge in [-0.2, -0.15) is 0 Å². The first-order chi connectivity index (χ1) is 13.2. The second-order valence-corrected chi connectivity index (χ2v) is 7.91. The standard InChI is InChI=1S/C22H32N2O3/c1-27-20-10-8-17(9-11-20)6-7-18-12-14-24(15-13-18)21(25)16-23-22(26)19-4-2-3-5-19/h8-11,18-19H,2-7,12-16H2,1H3,(H,23,26). The van der Waals surface area contributed by atoms with E-state index in [2.05, 4.69) is 17.4 Å². The van der Waals surface area contributed by atoms with Gasteiger partial charge in [0, 0.05) is 19.0 Å². The molecular formula is C22H32N2O3. The van der Waals surface area contributed by atoms with Crippen LogP contribution in [0.1, 0.15) is 50.5 Å². The van der Waals surface area contributed by atoms with Crippen LogP contribution in [0.25, 0.3) is 0 Å². The van der Waals surface area contributed by atoms with Gasteiger partial charge in [-0.05, 0) is 62.1 Å². The molecule has 2 amide bonds. The summed E-state index contributed by atoms with van der Waals surface area (Å²) in [6.45, 7) is 1.78. The third-order valence-corrected chi connectivity index (χ3v) is 6.11.